The topological polar surface area (TPSA) is 59.7 Å². The van der Waals surface area contributed by atoms with Crippen LogP contribution in [0, 0.1) is 6.92 Å². The van der Waals surface area contributed by atoms with Gasteiger partial charge in [-0.2, -0.15) is 26.3 Å². The molecule has 0 saturated carbocycles. The summed E-state index contributed by atoms with van der Waals surface area (Å²) in [6.45, 7) is 0.0513. The van der Waals surface area contributed by atoms with E-state index in [4.69, 9.17) is 9.52 Å². The highest BCUT2D eigenvalue weighted by atomic mass is 19.4. The van der Waals surface area contributed by atoms with Crippen molar-refractivity contribution < 1.29 is 45.4 Å². The maximum atomic E-state index is 12.2. The summed E-state index contributed by atoms with van der Waals surface area (Å²) in [5.74, 6) is -2.01. The van der Waals surface area contributed by atoms with Crippen molar-refractivity contribution in [2.24, 2.45) is 0 Å². The zero-order valence-corrected chi connectivity index (χ0v) is 9.80. The molecule has 0 radical (unpaired) electrons. The van der Waals surface area contributed by atoms with Gasteiger partial charge in [-0.25, -0.2) is 4.79 Å². The molecule has 0 spiro atoms. The minimum Gasteiger partial charge on any atom is -0.478 e. The molecular formula is C10H8F6O4. The second kappa shape index (κ2) is 5.35. The Kier molecular flexibility index (Phi) is 4.37. The van der Waals surface area contributed by atoms with Crippen molar-refractivity contribution in [2.45, 2.75) is 32.0 Å². The molecule has 0 saturated heterocycles. The van der Waals surface area contributed by atoms with Gasteiger partial charge in [-0.05, 0) is 13.0 Å². The molecule has 1 heterocycles. The largest absolute Gasteiger partial charge is 0.478 e. The number of carboxylic acids is 1. The molecule has 0 aliphatic rings. The van der Waals surface area contributed by atoms with E-state index in [9.17, 15) is 31.1 Å². The summed E-state index contributed by atoms with van der Waals surface area (Å²) in [6.07, 6.45) is -15.2. The van der Waals surface area contributed by atoms with Crippen LogP contribution in [0.5, 0.6) is 0 Å². The molecule has 0 aromatic carbocycles. The lowest BCUT2D eigenvalue weighted by Crippen LogP contribution is -2.44. The summed E-state index contributed by atoms with van der Waals surface area (Å²) in [4.78, 5) is 10.6. The molecule has 1 rings (SSSR count). The van der Waals surface area contributed by atoms with Crippen LogP contribution in [0.4, 0.5) is 26.3 Å². The van der Waals surface area contributed by atoms with Gasteiger partial charge in [0.25, 0.3) is 0 Å². The lowest BCUT2D eigenvalue weighted by molar-refractivity contribution is -0.325. The van der Waals surface area contributed by atoms with E-state index in [0.717, 1.165) is 6.07 Å². The fourth-order valence-electron chi connectivity index (χ4n) is 1.37. The predicted octanol–water partition coefficient (Wildman–Crippen LogP) is 3.30. The zero-order valence-electron chi connectivity index (χ0n) is 9.80. The minimum absolute atomic E-state index is 0.147. The Morgan fingerprint density at radius 1 is 1.30 bits per heavy atom. The van der Waals surface area contributed by atoms with Gasteiger partial charge in [-0.1, -0.05) is 0 Å². The Bertz CT molecular complexity index is 473. The average Bonchev–Trinajstić information content (AvgIpc) is 2.55. The highest BCUT2D eigenvalue weighted by Gasteiger charge is 2.58. The van der Waals surface area contributed by atoms with Gasteiger partial charge in [-0.3, -0.25) is 0 Å². The molecular weight excluding hydrogens is 298 g/mol. The third kappa shape index (κ3) is 3.89. The minimum atomic E-state index is -5.63. The number of halogens is 6. The Morgan fingerprint density at radius 2 is 1.80 bits per heavy atom. The van der Waals surface area contributed by atoms with Crippen LogP contribution in [0.2, 0.25) is 0 Å². The van der Waals surface area contributed by atoms with E-state index < -0.39 is 36.8 Å². The Hall–Kier alpha value is -1.71. The molecule has 1 aromatic rings. The van der Waals surface area contributed by atoms with Gasteiger partial charge in [0.15, 0.2) is 0 Å². The number of furan rings is 1. The molecule has 10 heteroatoms. The first-order valence-corrected chi connectivity index (χ1v) is 5.00. The maximum absolute atomic E-state index is 12.2. The quantitative estimate of drug-likeness (QED) is 0.867. The van der Waals surface area contributed by atoms with Crippen LogP contribution < -0.4 is 0 Å². The van der Waals surface area contributed by atoms with E-state index in [1.165, 1.54) is 6.92 Å². The number of aromatic carboxylic acids is 1. The summed E-state index contributed by atoms with van der Waals surface area (Å²) in [5, 5.41) is 8.65. The van der Waals surface area contributed by atoms with Crippen molar-refractivity contribution in [1.82, 2.24) is 0 Å². The SMILES string of the molecule is Cc1oc(COC(C(F)(F)F)C(F)(F)F)cc1C(=O)O. The van der Waals surface area contributed by atoms with Crippen LogP contribution in [0.1, 0.15) is 21.9 Å². The van der Waals surface area contributed by atoms with Gasteiger partial charge in [-0.15, -0.1) is 0 Å². The van der Waals surface area contributed by atoms with Crippen LogP contribution in [-0.2, 0) is 11.3 Å². The molecule has 0 amide bonds. The predicted molar refractivity (Wildman–Crippen MR) is 51.1 cm³/mol. The standard InChI is InChI=1S/C10H8F6O4/c1-4-6(7(17)18)2-5(20-4)3-19-8(9(11,12)13)10(14,15)16/h2,8H,3H2,1H3,(H,17,18). The van der Waals surface area contributed by atoms with E-state index in [-0.39, 0.29) is 11.3 Å². The molecule has 0 aliphatic heterocycles. The van der Waals surface area contributed by atoms with Crippen LogP contribution in [0.25, 0.3) is 0 Å². The third-order valence-corrected chi connectivity index (χ3v) is 2.19. The second-order valence-corrected chi connectivity index (χ2v) is 3.76. The third-order valence-electron chi connectivity index (χ3n) is 2.19. The van der Waals surface area contributed by atoms with Gasteiger partial charge in [0.2, 0.25) is 6.10 Å². The molecule has 4 nitrogen and oxygen atoms in total. The van der Waals surface area contributed by atoms with Gasteiger partial charge >= 0.3 is 18.3 Å². The zero-order chi connectivity index (χ0) is 15.7. The number of ether oxygens (including phenoxy) is 1. The monoisotopic (exact) mass is 306 g/mol. The normalized spacial score (nSPS) is 13.0. The van der Waals surface area contributed by atoms with Crippen molar-refractivity contribution >= 4 is 5.97 Å². The first-order valence-electron chi connectivity index (χ1n) is 5.00. The second-order valence-electron chi connectivity index (χ2n) is 3.76. The van der Waals surface area contributed by atoms with E-state index in [1.807, 2.05) is 0 Å². The Balaban J connectivity index is 2.84. The maximum Gasteiger partial charge on any atom is 0.423 e. The van der Waals surface area contributed by atoms with E-state index in [2.05, 4.69) is 4.74 Å². The van der Waals surface area contributed by atoms with Crippen molar-refractivity contribution in [2.75, 3.05) is 0 Å². The summed E-state index contributed by atoms with van der Waals surface area (Å²) in [5.41, 5.74) is -0.362. The van der Waals surface area contributed by atoms with Gasteiger partial charge in [0.05, 0.1) is 0 Å². The first kappa shape index (κ1) is 16.3. The molecule has 0 unspecified atom stereocenters. The van der Waals surface area contributed by atoms with Crippen LogP contribution in [-0.4, -0.2) is 29.5 Å². The molecule has 0 aliphatic carbocycles. The van der Waals surface area contributed by atoms with Crippen LogP contribution in [0.3, 0.4) is 0 Å². The van der Waals surface area contributed by atoms with Gasteiger partial charge in [0.1, 0.15) is 23.7 Å². The average molecular weight is 306 g/mol. The number of hydrogen-bond acceptors (Lipinski definition) is 3. The smallest absolute Gasteiger partial charge is 0.423 e. The number of hydrogen-bond donors (Lipinski definition) is 1. The molecule has 1 aromatic heterocycles. The molecule has 1 N–H and O–H groups in total. The summed E-state index contributed by atoms with van der Waals surface area (Å²) in [7, 11) is 0. The number of alkyl halides is 6. The van der Waals surface area contributed by atoms with Gasteiger partial charge < -0.3 is 14.3 Å². The Morgan fingerprint density at radius 3 is 2.15 bits per heavy atom. The van der Waals surface area contributed by atoms with Crippen LogP contribution >= 0.6 is 0 Å². The number of carboxylic acid groups (broad SMARTS) is 1. The molecule has 114 valence electrons. The fraction of sp³-hybridized carbons (Fsp3) is 0.500. The number of carbonyl (C=O) groups is 1. The fourth-order valence-corrected chi connectivity index (χ4v) is 1.37. The summed E-state index contributed by atoms with van der Waals surface area (Å²) in [6, 6.07) is 0.807. The summed E-state index contributed by atoms with van der Waals surface area (Å²) < 4.78 is 81.5. The van der Waals surface area contributed by atoms with Crippen molar-refractivity contribution in [3.8, 4) is 0 Å². The number of rotatable bonds is 4. The molecule has 0 fully saturated rings. The Labute approximate surface area is 107 Å². The summed E-state index contributed by atoms with van der Waals surface area (Å²) >= 11 is 0. The van der Waals surface area contributed by atoms with E-state index in [0.29, 0.717) is 0 Å². The van der Waals surface area contributed by atoms with Crippen LogP contribution in [0.15, 0.2) is 10.5 Å². The highest BCUT2D eigenvalue weighted by molar-refractivity contribution is 5.88. The van der Waals surface area contributed by atoms with E-state index in [1.54, 1.807) is 0 Å². The van der Waals surface area contributed by atoms with Crippen molar-refractivity contribution in [3.63, 3.8) is 0 Å². The lowest BCUT2D eigenvalue weighted by Gasteiger charge is -2.22. The van der Waals surface area contributed by atoms with Crippen molar-refractivity contribution in [1.29, 1.82) is 0 Å². The molecule has 0 atom stereocenters. The first-order chi connectivity index (χ1) is 8.93. The molecule has 20 heavy (non-hydrogen) atoms. The molecule has 0 bridgehead atoms. The number of aryl methyl sites for hydroxylation is 1. The van der Waals surface area contributed by atoms with E-state index >= 15 is 0 Å². The van der Waals surface area contributed by atoms with Crippen molar-refractivity contribution in [3.05, 3.63) is 23.2 Å². The highest BCUT2D eigenvalue weighted by Crippen LogP contribution is 2.36. The lowest BCUT2D eigenvalue weighted by atomic mass is 10.2. The van der Waals surface area contributed by atoms with Gasteiger partial charge in [0, 0.05) is 0 Å².